The van der Waals surface area contributed by atoms with Crippen molar-refractivity contribution in [1.29, 1.82) is 0 Å². The zero-order valence-electron chi connectivity index (χ0n) is 13.4. The van der Waals surface area contributed by atoms with Crippen LogP contribution in [0.15, 0.2) is 15.9 Å². The Balaban J connectivity index is 1.59. The second kappa shape index (κ2) is 8.89. The summed E-state index contributed by atoms with van der Waals surface area (Å²) in [5.41, 5.74) is 0. The zero-order valence-corrected chi connectivity index (χ0v) is 15.8. The molecular formula is C16H26BrN3OS. The van der Waals surface area contributed by atoms with Crippen molar-refractivity contribution >= 4 is 33.3 Å². The maximum Gasteiger partial charge on any atom is 0.315 e. The molecule has 1 aromatic rings. The molecule has 1 aromatic heterocycles. The van der Waals surface area contributed by atoms with Crippen LogP contribution < -0.4 is 10.6 Å². The number of hydrogen-bond acceptors (Lipinski definition) is 3. The van der Waals surface area contributed by atoms with Crippen LogP contribution >= 0.6 is 27.3 Å². The van der Waals surface area contributed by atoms with Gasteiger partial charge in [-0.3, -0.25) is 0 Å². The summed E-state index contributed by atoms with van der Waals surface area (Å²) < 4.78 is 1.14. The van der Waals surface area contributed by atoms with Crippen molar-refractivity contribution in [3.8, 4) is 0 Å². The third kappa shape index (κ3) is 6.26. The van der Waals surface area contributed by atoms with Gasteiger partial charge in [-0.25, -0.2) is 4.79 Å². The molecule has 0 unspecified atom stereocenters. The van der Waals surface area contributed by atoms with Gasteiger partial charge in [-0.15, -0.1) is 11.3 Å². The monoisotopic (exact) mass is 387 g/mol. The van der Waals surface area contributed by atoms with E-state index in [2.05, 4.69) is 51.4 Å². The lowest BCUT2D eigenvalue weighted by Crippen LogP contribution is -2.48. The van der Waals surface area contributed by atoms with E-state index in [0.29, 0.717) is 18.5 Å². The van der Waals surface area contributed by atoms with Gasteiger partial charge >= 0.3 is 6.03 Å². The molecule has 0 saturated carbocycles. The summed E-state index contributed by atoms with van der Waals surface area (Å²) in [6, 6.07) is 4.43. The first-order chi connectivity index (χ1) is 10.5. The van der Waals surface area contributed by atoms with Crippen molar-refractivity contribution in [1.82, 2.24) is 15.5 Å². The summed E-state index contributed by atoms with van der Waals surface area (Å²) in [6.07, 6.45) is 2.99. The first kappa shape index (κ1) is 17.8. The van der Waals surface area contributed by atoms with Crippen LogP contribution in [0.1, 0.15) is 31.6 Å². The molecule has 6 heteroatoms. The highest BCUT2D eigenvalue weighted by atomic mass is 79.9. The normalized spacial score (nSPS) is 16.9. The fraction of sp³-hybridized carbons (Fsp3) is 0.688. The van der Waals surface area contributed by atoms with Crippen molar-refractivity contribution in [3.63, 3.8) is 0 Å². The Morgan fingerprint density at radius 3 is 2.73 bits per heavy atom. The van der Waals surface area contributed by atoms with Gasteiger partial charge < -0.3 is 15.5 Å². The van der Waals surface area contributed by atoms with Gasteiger partial charge in [0.25, 0.3) is 0 Å². The van der Waals surface area contributed by atoms with Crippen LogP contribution in [-0.2, 0) is 6.42 Å². The number of nitrogens with zero attached hydrogens (tertiary/aromatic N) is 1. The van der Waals surface area contributed by atoms with Gasteiger partial charge in [0.15, 0.2) is 0 Å². The lowest BCUT2D eigenvalue weighted by atomic mass is 10.0. The first-order valence-electron chi connectivity index (χ1n) is 8.04. The summed E-state index contributed by atoms with van der Waals surface area (Å²) in [5, 5.41) is 6.06. The van der Waals surface area contributed by atoms with Crippen molar-refractivity contribution in [2.45, 2.75) is 39.2 Å². The maximum atomic E-state index is 11.9. The van der Waals surface area contributed by atoms with Crippen molar-refractivity contribution < 1.29 is 4.79 Å². The van der Waals surface area contributed by atoms with Crippen LogP contribution in [0.3, 0.4) is 0 Å². The number of carbonyl (C=O) groups excluding carboxylic acids is 1. The Bertz CT molecular complexity index is 470. The van der Waals surface area contributed by atoms with E-state index in [1.54, 1.807) is 11.3 Å². The number of piperidine rings is 1. The minimum absolute atomic E-state index is 0.0297. The summed E-state index contributed by atoms with van der Waals surface area (Å²) in [7, 11) is 0. The van der Waals surface area contributed by atoms with Gasteiger partial charge in [-0.2, -0.15) is 0 Å². The Kier molecular flexibility index (Phi) is 7.18. The smallest absolute Gasteiger partial charge is 0.315 e. The second-order valence-corrected chi connectivity index (χ2v) is 8.87. The number of nitrogens with one attached hydrogen (secondary N) is 2. The lowest BCUT2D eigenvalue weighted by molar-refractivity contribution is 0.178. The molecule has 124 valence electrons. The molecule has 2 heterocycles. The molecule has 22 heavy (non-hydrogen) atoms. The molecule has 0 atom stereocenters. The molecule has 0 spiro atoms. The fourth-order valence-electron chi connectivity index (χ4n) is 2.80. The Hall–Kier alpha value is -0.590. The van der Waals surface area contributed by atoms with E-state index < -0.39 is 0 Å². The van der Waals surface area contributed by atoms with Gasteiger partial charge in [0.2, 0.25) is 0 Å². The zero-order chi connectivity index (χ0) is 15.9. The molecule has 0 bridgehead atoms. The van der Waals surface area contributed by atoms with E-state index in [1.165, 1.54) is 4.88 Å². The van der Waals surface area contributed by atoms with Crippen LogP contribution in [0.25, 0.3) is 0 Å². The summed E-state index contributed by atoms with van der Waals surface area (Å²) >= 11 is 5.17. The lowest BCUT2D eigenvalue weighted by Gasteiger charge is -2.33. The van der Waals surface area contributed by atoms with Gasteiger partial charge in [-0.1, -0.05) is 13.8 Å². The molecule has 2 N–H and O–H groups in total. The molecule has 1 fully saturated rings. The van der Waals surface area contributed by atoms with E-state index in [1.807, 2.05) is 6.07 Å². The molecule has 4 nitrogen and oxygen atoms in total. The van der Waals surface area contributed by atoms with Gasteiger partial charge in [-0.05, 0) is 53.2 Å². The fourth-order valence-corrected chi connectivity index (χ4v) is 4.28. The number of rotatable bonds is 6. The molecule has 2 amide bonds. The predicted octanol–water partition coefficient (Wildman–Crippen LogP) is 3.47. The number of carbonyl (C=O) groups is 1. The second-order valence-electron chi connectivity index (χ2n) is 6.32. The minimum atomic E-state index is -0.0297. The van der Waals surface area contributed by atoms with Crippen LogP contribution in [0.5, 0.6) is 0 Å². The molecule has 0 radical (unpaired) electrons. The van der Waals surface area contributed by atoms with Crippen LogP contribution in [0.4, 0.5) is 4.79 Å². The van der Waals surface area contributed by atoms with E-state index in [9.17, 15) is 4.79 Å². The number of thiophene rings is 1. The Morgan fingerprint density at radius 2 is 2.14 bits per heavy atom. The number of hydrogen-bond donors (Lipinski definition) is 2. The summed E-state index contributed by atoms with van der Waals surface area (Å²) in [6.45, 7) is 8.53. The molecular weight excluding hydrogens is 362 g/mol. The molecule has 1 aliphatic rings. The van der Waals surface area contributed by atoms with Gasteiger partial charge in [0.1, 0.15) is 0 Å². The van der Waals surface area contributed by atoms with E-state index in [-0.39, 0.29) is 6.03 Å². The highest BCUT2D eigenvalue weighted by Gasteiger charge is 2.20. The van der Waals surface area contributed by atoms with Crippen molar-refractivity contribution in [3.05, 3.63) is 20.8 Å². The number of halogens is 1. The Labute approximate surface area is 145 Å². The molecule has 1 saturated heterocycles. The van der Waals surface area contributed by atoms with E-state index >= 15 is 0 Å². The highest BCUT2D eigenvalue weighted by Crippen LogP contribution is 2.22. The van der Waals surface area contributed by atoms with E-state index in [0.717, 1.165) is 42.7 Å². The molecule has 2 rings (SSSR count). The molecule has 1 aliphatic heterocycles. The van der Waals surface area contributed by atoms with Gasteiger partial charge in [0, 0.05) is 37.1 Å². The summed E-state index contributed by atoms with van der Waals surface area (Å²) in [4.78, 5) is 15.7. The first-order valence-corrected chi connectivity index (χ1v) is 9.65. The third-order valence-corrected chi connectivity index (χ3v) is 5.52. The number of amides is 2. The largest absolute Gasteiger partial charge is 0.338 e. The minimum Gasteiger partial charge on any atom is -0.338 e. The van der Waals surface area contributed by atoms with Crippen LogP contribution in [0.2, 0.25) is 0 Å². The standard InChI is InChI=1S/C16H26BrN3OS/c1-12(2)11-20-9-6-13(7-10-20)19-16(21)18-8-5-14-3-4-15(17)22-14/h3-4,12-13H,5-11H2,1-2H3,(H2,18,19,21). The van der Waals surface area contributed by atoms with Gasteiger partial charge in [0.05, 0.1) is 3.79 Å². The predicted molar refractivity (Wildman–Crippen MR) is 96.6 cm³/mol. The molecule has 0 aliphatic carbocycles. The number of likely N-dealkylation sites (tertiary alicyclic amines) is 1. The van der Waals surface area contributed by atoms with Crippen molar-refractivity contribution in [2.24, 2.45) is 5.92 Å². The Morgan fingerprint density at radius 1 is 1.41 bits per heavy atom. The average Bonchev–Trinajstić information content (AvgIpc) is 2.86. The maximum absolute atomic E-state index is 11.9. The van der Waals surface area contributed by atoms with Crippen LogP contribution in [-0.4, -0.2) is 43.2 Å². The highest BCUT2D eigenvalue weighted by molar-refractivity contribution is 9.11. The third-order valence-electron chi connectivity index (χ3n) is 3.83. The quantitative estimate of drug-likeness (QED) is 0.784. The SMILES string of the molecule is CC(C)CN1CCC(NC(=O)NCCc2ccc(Br)s2)CC1. The van der Waals surface area contributed by atoms with Crippen molar-refractivity contribution in [2.75, 3.05) is 26.2 Å². The van der Waals surface area contributed by atoms with E-state index in [4.69, 9.17) is 0 Å². The topological polar surface area (TPSA) is 44.4 Å². The number of urea groups is 1. The molecule has 0 aromatic carbocycles. The average molecular weight is 388 g/mol. The summed E-state index contributed by atoms with van der Waals surface area (Å²) in [5.74, 6) is 0.713. The van der Waals surface area contributed by atoms with Crippen LogP contribution in [0, 0.1) is 5.92 Å².